The lowest BCUT2D eigenvalue weighted by Gasteiger charge is -2.50. The van der Waals surface area contributed by atoms with Gasteiger partial charge in [-0.05, 0) is 12.8 Å². The van der Waals surface area contributed by atoms with Gasteiger partial charge >= 0.3 is 0 Å². The molecule has 0 spiro atoms. The van der Waals surface area contributed by atoms with Gasteiger partial charge in [0.1, 0.15) is 11.7 Å². The first-order chi connectivity index (χ1) is 14.9. The van der Waals surface area contributed by atoms with Crippen molar-refractivity contribution in [3.05, 3.63) is 71.8 Å². The van der Waals surface area contributed by atoms with E-state index in [9.17, 15) is 0 Å². The standard InChI is InChI=1S/C25H30N4O/c1-4-10-20(11-5-1)22-26-23(21-12-6-2-7-13-21)28-24(27-22)25(14-8-3-9-15-25)29-16-18-30-19-17-29/h1-2,4-7,10-13,24H,3,8-9,14-19H2,(H,26,27,28). The lowest BCUT2D eigenvalue weighted by Crippen LogP contribution is -2.61. The number of morpholine rings is 1. The summed E-state index contributed by atoms with van der Waals surface area (Å²) in [6.45, 7) is 3.54. The molecule has 1 N–H and O–H groups in total. The molecule has 1 aliphatic carbocycles. The Morgan fingerprint density at radius 1 is 0.767 bits per heavy atom. The van der Waals surface area contributed by atoms with E-state index in [0.717, 1.165) is 61.9 Å². The van der Waals surface area contributed by atoms with Gasteiger partial charge in [-0.3, -0.25) is 4.90 Å². The van der Waals surface area contributed by atoms with E-state index >= 15 is 0 Å². The monoisotopic (exact) mass is 402 g/mol. The Morgan fingerprint density at radius 3 is 1.83 bits per heavy atom. The Hall–Kier alpha value is -2.50. The summed E-state index contributed by atoms with van der Waals surface area (Å²) < 4.78 is 5.68. The second-order valence-corrected chi connectivity index (χ2v) is 8.45. The number of nitrogens with one attached hydrogen (secondary N) is 1. The van der Waals surface area contributed by atoms with Crippen LogP contribution in [0.4, 0.5) is 0 Å². The molecule has 0 bridgehead atoms. The van der Waals surface area contributed by atoms with Gasteiger partial charge in [0.05, 0.1) is 18.8 Å². The van der Waals surface area contributed by atoms with Crippen molar-refractivity contribution < 1.29 is 4.74 Å². The van der Waals surface area contributed by atoms with Crippen molar-refractivity contribution in [2.24, 2.45) is 9.98 Å². The zero-order valence-corrected chi connectivity index (χ0v) is 17.5. The first-order valence-corrected chi connectivity index (χ1v) is 11.2. The molecule has 2 aliphatic heterocycles. The topological polar surface area (TPSA) is 49.2 Å². The second kappa shape index (κ2) is 8.70. The molecule has 5 heteroatoms. The van der Waals surface area contributed by atoms with Crippen molar-refractivity contribution in [3.63, 3.8) is 0 Å². The quantitative estimate of drug-likeness (QED) is 0.845. The van der Waals surface area contributed by atoms with Gasteiger partial charge in [-0.15, -0.1) is 0 Å². The molecule has 2 aromatic carbocycles. The van der Waals surface area contributed by atoms with Crippen LogP contribution in [0, 0.1) is 0 Å². The fourth-order valence-electron chi connectivity index (χ4n) is 5.09. The zero-order valence-electron chi connectivity index (χ0n) is 17.5. The van der Waals surface area contributed by atoms with Gasteiger partial charge in [0.15, 0.2) is 6.17 Å². The summed E-state index contributed by atoms with van der Waals surface area (Å²) in [4.78, 5) is 13.1. The fourth-order valence-corrected chi connectivity index (χ4v) is 5.09. The number of rotatable bonds is 4. The van der Waals surface area contributed by atoms with E-state index in [1.165, 1.54) is 19.3 Å². The number of hydrogen-bond donors (Lipinski definition) is 1. The molecule has 0 radical (unpaired) electrons. The molecule has 5 rings (SSSR count). The van der Waals surface area contributed by atoms with Gasteiger partial charge in [-0.25, -0.2) is 9.98 Å². The minimum absolute atomic E-state index is 0.0236. The maximum absolute atomic E-state index is 5.68. The zero-order chi connectivity index (χ0) is 20.2. The Morgan fingerprint density at radius 2 is 1.30 bits per heavy atom. The van der Waals surface area contributed by atoms with Crippen LogP contribution in [0.1, 0.15) is 43.2 Å². The maximum atomic E-state index is 5.68. The summed E-state index contributed by atoms with van der Waals surface area (Å²) in [5, 5.41) is 3.53. The van der Waals surface area contributed by atoms with Crippen LogP contribution in [0.5, 0.6) is 0 Å². The van der Waals surface area contributed by atoms with Crippen molar-refractivity contribution in [1.29, 1.82) is 0 Å². The molecule has 3 aliphatic rings. The molecule has 2 fully saturated rings. The predicted molar refractivity (Wildman–Crippen MR) is 121 cm³/mol. The van der Waals surface area contributed by atoms with Crippen LogP contribution in [0.3, 0.4) is 0 Å². The lowest BCUT2D eigenvalue weighted by atomic mass is 9.77. The molecule has 0 aromatic heterocycles. The molecule has 5 nitrogen and oxygen atoms in total. The number of aliphatic imine (C=N–C) groups is 2. The van der Waals surface area contributed by atoms with Crippen molar-refractivity contribution in [1.82, 2.24) is 10.2 Å². The number of ether oxygens (including phenoxy) is 1. The third-order valence-corrected chi connectivity index (χ3v) is 6.67. The van der Waals surface area contributed by atoms with E-state index in [4.69, 9.17) is 14.7 Å². The van der Waals surface area contributed by atoms with Crippen LogP contribution in [0.15, 0.2) is 70.6 Å². The SMILES string of the molecule is c1ccc(C2=NC(C3(N4CCOCC4)CCCCC3)N=C(c3ccccc3)N2)cc1. The van der Waals surface area contributed by atoms with E-state index in [1.54, 1.807) is 0 Å². The van der Waals surface area contributed by atoms with Gasteiger partial charge in [-0.2, -0.15) is 0 Å². The number of amidine groups is 2. The highest BCUT2D eigenvalue weighted by Crippen LogP contribution is 2.40. The Balaban J connectivity index is 1.58. The lowest BCUT2D eigenvalue weighted by molar-refractivity contribution is -0.0470. The molecular formula is C25H30N4O. The van der Waals surface area contributed by atoms with Gasteiger partial charge in [0.25, 0.3) is 0 Å². The number of benzene rings is 2. The Bertz CT molecular complexity index is 842. The molecule has 0 amide bonds. The highest BCUT2D eigenvalue weighted by molar-refractivity contribution is 6.15. The molecule has 0 atom stereocenters. The summed E-state index contributed by atoms with van der Waals surface area (Å²) in [6, 6.07) is 20.9. The maximum Gasteiger partial charge on any atom is 0.162 e. The fraction of sp³-hybridized carbons (Fsp3) is 0.440. The molecule has 2 heterocycles. The highest BCUT2D eigenvalue weighted by atomic mass is 16.5. The van der Waals surface area contributed by atoms with Crippen LogP contribution in [-0.4, -0.2) is 54.6 Å². The number of hydrogen-bond acceptors (Lipinski definition) is 5. The minimum atomic E-state index is -0.109. The average molecular weight is 403 g/mol. The molecule has 1 saturated carbocycles. The third kappa shape index (κ3) is 3.80. The molecule has 30 heavy (non-hydrogen) atoms. The van der Waals surface area contributed by atoms with E-state index in [1.807, 2.05) is 12.1 Å². The Labute approximate surface area is 178 Å². The Kier molecular flexibility index (Phi) is 5.65. The first-order valence-electron chi connectivity index (χ1n) is 11.2. The van der Waals surface area contributed by atoms with E-state index in [2.05, 4.69) is 58.7 Å². The van der Waals surface area contributed by atoms with Crippen molar-refractivity contribution in [2.75, 3.05) is 26.3 Å². The van der Waals surface area contributed by atoms with Crippen LogP contribution in [0.2, 0.25) is 0 Å². The summed E-state index contributed by atoms with van der Waals surface area (Å²) in [6.07, 6.45) is 5.98. The highest BCUT2D eigenvalue weighted by Gasteiger charge is 2.46. The average Bonchev–Trinajstić information content (AvgIpc) is 2.86. The molecule has 2 aromatic rings. The molecular weight excluding hydrogens is 372 g/mol. The van der Waals surface area contributed by atoms with E-state index in [0.29, 0.717) is 0 Å². The summed E-state index contributed by atoms with van der Waals surface area (Å²) in [7, 11) is 0. The van der Waals surface area contributed by atoms with Gasteiger partial charge < -0.3 is 10.1 Å². The summed E-state index contributed by atoms with van der Waals surface area (Å²) >= 11 is 0. The van der Waals surface area contributed by atoms with Gasteiger partial charge in [0, 0.05) is 24.2 Å². The van der Waals surface area contributed by atoms with Crippen LogP contribution in [-0.2, 0) is 4.74 Å². The van der Waals surface area contributed by atoms with Gasteiger partial charge in [0.2, 0.25) is 0 Å². The normalized spacial score (nSPS) is 22.7. The smallest absolute Gasteiger partial charge is 0.162 e. The first kappa shape index (κ1) is 19.5. The van der Waals surface area contributed by atoms with Crippen LogP contribution < -0.4 is 5.32 Å². The van der Waals surface area contributed by atoms with Crippen LogP contribution in [0.25, 0.3) is 0 Å². The second-order valence-electron chi connectivity index (χ2n) is 8.45. The van der Waals surface area contributed by atoms with Gasteiger partial charge in [-0.1, -0.05) is 79.9 Å². The number of nitrogens with zero attached hydrogens (tertiary/aromatic N) is 3. The van der Waals surface area contributed by atoms with Crippen molar-refractivity contribution in [3.8, 4) is 0 Å². The molecule has 0 unspecified atom stereocenters. The molecule has 156 valence electrons. The third-order valence-electron chi connectivity index (χ3n) is 6.67. The summed E-state index contributed by atoms with van der Waals surface area (Å²) in [5.74, 6) is 1.85. The van der Waals surface area contributed by atoms with E-state index in [-0.39, 0.29) is 11.7 Å². The van der Waals surface area contributed by atoms with Crippen molar-refractivity contribution in [2.45, 2.75) is 43.8 Å². The van der Waals surface area contributed by atoms with Crippen molar-refractivity contribution >= 4 is 11.7 Å². The minimum Gasteiger partial charge on any atom is -0.379 e. The van der Waals surface area contributed by atoms with E-state index < -0.39 is 0 Å². The van der Waals surface area contributed by atoms with Crippen LogP contribution >= 0.6 is 0 Å². The summed E-state index contributed by atoms with van der Waals surface area (Å²) in [5.41, 5.74) is 2.20. The predicted octanol–water partition coefficient (Wildman–Crippen LogP) is 3.84. The molecule has 1 saturated heterocycles. The largest absolute Gasteiger partial charge is 0.379 e.